The fourth-order valence-electron chi connectivity index (χ4n) is 3.62. The maximum absolute atomic E-state index is 12.3. The monoisotopic (exact) mass is 454 g/mol. The number of anilines is 1. The molecule has 0 unspecified atom stereocenters. The standard InChI is InChI=1S/C23H26N4O4S/c1-30-18-7-8-19-20(15-18)32-23(25-19)27-13-11-26(12-14-27)10-9-24-21(28)16-3-5-17(6-4-16)22(29)31-2/h3-8,15H,9-14H2,1-2H3,(H,24,28). The van der Waals surface area contributed by atoms with Crippen molar-refractivity contribution in [3.63, 3.8) is 0 Å². The van der Waals surface area contributed by atoms with Crippen molar-refractivity contribution in [3.05, 3.63) is 53.6 Å². The van der Waals surface area contributed by atoms with Crippen LogP contribution in [0, 0.1) is 0 Å². The molecule has 1 fully saturated rings. The van der Waals surface area contributed by atoms with Gasteiger partial charge in [0.25, 0.3) is 5.91 Å². The predicted molar refractivity (Wildman–Crippen MR) is 125 cm³/mol. The Hall–Kier alpha value is -3.17. The summed E-state index contributed by atoms with van der Waals surface area (Å²) in [6.07, 6.45) is 0. The van der Waals surface area contributed by atoms with Gasteiger partial charge in [-0.05, 0) is 42.5 Å². The van der Waals surface area contributed by atoms with E-state index in [-0.39, 0.29) is 5.91 Å². The molecule has 1 aliphatic heterocycles. The molecule has 1 aromatic heterocycles. The zero-order valence-electron chi connectivity index (χ0n) is 18.2. The molecule has 0 saturated carbocycles. The van der Waals surface area contributed by atoms with Crippen molar-refractivity contribution in [2.75, 3.05) is 58.4 Å². The van der Waals surface area contributed by atoms with Crippen LogP contribution in [0.4, 0.5) is 5.13 Å². The third-order valence-electron chi connectivity index (χ3n) is 5.51. The minimum Gasteiger partial charge on any atom is -0.497 e. The number of amides is 1. The summed E-state index contributed by atoms with van der Waals surface area (Å²) in [4.78, 5) is 33.2. The van der Waals surface area contributed by atoms with E-state index in [9.17, 15) is 9.59 Å². The van der Waals surface area contributed by atoms with Gasteiger partial charge in [-0.2, -0.15) is 0 Å². The number of aromatic nitrogens is 1. The van der Waals surface area contributed by atoms with Crippen molar-refractivity contribution in [2.24, 2.45) is 0 Å². The Morgan fingerprint density at radius 2 is 1.75 bits per heavy atom. The van der Waals surface area contributed by atoms with Crippen LogP contribution in [0.2, 0.25) is 0 Å². The summed E-state index contributed by atoms with van der Waals surface area (Å²) in [6.45, 7) is 5.00. The molecule has 0 spiro atoms. The summed E-state index contributed by atoms with van der Waals surface area (Å²) >= 11 is 1.69. The van der Waals surface area contributed by atoms with Crippen molar-refractivity contribution in [2.45, 2.75) is 0 Å². The van der Waals surface area contributed by atoms with Crippen LogP contribution < -0.4 is 15.0 Å². The lowest BCUT2D eigenvalue weighted by Gasteiger charge is -2.34. The molecule has 168 valence electrons. The summed E-state index contributed by atoms with van der Waals surface area (Å²) < 4.78 is 11.1. The van der Waals surface area contributed by atoms with E-state index in [1.807, 2.05) is 18.2 Å². The second kappa shape index (κ2) is 9.97. The number of fused-ring (bicyclic) bond motifs is 1. The van der Waals surface area contributed by atoms with Gasteiger partial charge in [0.15, 0.2) is 5.13 Å². The van der Waals surface area contributed by atoms with Gasteiger partial charge in [0.05, 0.1) is 30.0 Å². The number of ether oxygens (including phenoxy) is 2. The molecular weight excluding hydrogens is 428 g/mol. The largest absolute Gasteiger partial charge is 0.497 e. The highest BCUT2D eigenvalue weighted by Gasteiger charge is 2.20. The molecule has 1 aliphatic rings. The Morgan fingerprint density at radius 3 is 2.44 bits per heavy atom. The summed E-state index contributed by atoms with van der Waals surface area (Å²) in [5, 5.41) is 3.99. The summed E-state index contributed by atoms with van der Waals surface area (Å²) in [6, 6.07) is 12.4. The number of piperazine rings is 1. The second-order valence-corrected chi connectivity index (χ2v) is 8.49. The molecule has 1 saturated heterocycles. The van der Waals surface area contributed by atoms with Crippen LogP contribution in [0.1, 0.15) is 20.7 Å². The molecule has 8 nitrogen and oxygen atoms in total. The van der Waals surface area contributed by atoms with E-state index in [0.29, 0.717) is 17.7 Å². The van der Waals surface area contributed by atoms with Crippen molar-refractivity contribution < 1.29 is 19.1 Å². The van der Waals surface area contributed by atoms with Crippen molar-refractivity contribution in [1.82, 2.24) is 15.2 Å². The van der Waals surface area contributed by atoms with Gasteiger partial charge in [0.1, 0.15) is 5.75 Å². The molecule has 9 heteroatoms. The minimum absolute atomic E-state index is 0.148. The minimum atomic E-state index is -0.415. The number of nitrogens with zero attached hydrogens (tertiary/aromatic N) is 3. The first-order valence-corrected chi connectivity index (χ1v) is 11.3. The summed E-state index contributed by atoms with van der Waals surface area (Å²) in [5.74, 6) is 0.283. The van der Waals surface area contributed by atoms with E-state index in [0.717, 1.165) is 53.8 Å². The van der Waals surface area contributed by atoms with Crippen molar-refractivity contribution >= 4 is 38.6 Å². The normalized spacial score (nSPS) is 14.4. The molecule has 32 heavy (non-hydrogen) atoms. The van der Waals surface area contributed by atoms with Gasteiger partial charge in [-0.3, -0.25) is 9.69 Å². The van der Waals surface area contributed by atoms with E-state index in [1.165, 1.54) is 7.11 Å². The zero-order valence-corrected chi connectivity index (χ0v) is 19.0. The van der Waals surface area contributed by atoms with E-state index >= 15 is 0 Å². The Morgan fingerprint density at radius 1 is 1.03 bits per heavy atom. The number of esters is 1. The van der Waals surface area contributed by atoms with E-state index in [1.54, 1.807) is 42.7 Å². The average Bonchev–Trinajstić information content (AvgIpc) is 3.27. The third kappa shape index (κ3) is 5.00. The fourth-order valence-corrected chi connectivity index (χ4v) is 4.67. The summed E-state index contributed by atoms with van der Waals surface area (Å²) in [7, 11) is 3.00. The lowest BCUT2D eigenvalue weighted by Crippen LogP contribution is -2.48. The highest BCUT2D eigenvalue weighted by atomic mass is 32.1. The molecule has 0 bridgehead atoms. The van der Waals surface area contributed by atoms with Gasteiger partial charge in [0.2, 0.25) is 0 Å². The molecule has 1 amide bonds. The molecule has 0 aliphatic carbocycles. The Bertz CT molecular complexity index is 1090. The van der Waals surface area contributed by atoms with Crippen LogP contribution in [0.3, 0.4) is 0 Å². The molecule has 0 radical (unpaired) electrons. The van der Waals surface area contributed by atoms with E-state index in [2.05, 4.69) is 19.9 Å². The smallest absolute Gasteiger partial charge is 0.337 e. The number of hydrogen-bond acceptors (Lipinski definition) is 8. The maximum atomic E-state index is 12.3. The lowest BCUT2D eigenvalue weighted by molar-refractivity contribution is 0.0600. The van der Waals surface area contributed by atoms with Crippen LogP contribution in [0.5, 0.6) is 5.75 Å². The number of hydrogen-bond donors (Lipinski definition) is 1. The molecule has 1 N–H and O–H groups in total. The van der Waals surface area contributed by atoms with Crippen LogP contribution in [-0.4, -0.2) is 75.2 Å². The lowest BCUT2D eigenvalue weighted by atomic mass is 10.1. The topological polar surface area (TPSA) is 84.0 Å². The van der Waals surface area contributed by atoms with Gasteiger partial charge < -0.3 is 19.7 Å². The molecule has 4 rings (SSSR count). The highest BCUT2D eigenvalue weighted by molar-refractivity contribution is 7.22. The Balaban J connectivity index is 1.23. The Labute approximate surface area is 190 Å². The first-order chi connectivity index (χ1) is 15.6. The molecule has 0 atom stereocenters. The van der Waals surface area contributed by atoms with Crippen molar-refractivity contribution in [3.8, 4) is 5.75 Å². The Kier molecular flexibility index (Phi) is 6.87. The SMILES string of the molecule is COC(=O)c1ccc(C(=O)NCCN2CCN(c3nc4ccc(OC)cc4s3)CC2)cc1. The fraction of sp³-hybridized carbons (Fsp3) is 0.348. The number of carbonyl (C=O) groups is 2. The molecule has 2 heterocycles. The molecule has 2 aromatic carbocycles. The van der Waals surface area contributed by atoms with E-state index in [4.69, 9.17) is 9.72 Å². The van der Waals surface area contributed by atoms with Crippen LogP contribution >= 0.6 is 11.3 Å². The second-order valence-electron chi connectivity index (χ2n) is 7.48. The number of nitrogens with one attached hydrogen (secondary N) is 1. The molecule has 3 aromatic rings. The molecular formula is C23H26N4O4S. The highest BCUT2D eigenvalue weighted by Crippen LogP contribution is 2.31. The number of carbonyl (C=O) groups excluding carboxylic acids is 2. The van der Waals surface area contributed by atoms with Gasteiger partial charge in [0, 0.05) is 44.8 Å². The number of benzene rings is 2. The van der Waals surface area contributed by atoms with Gasteiger partial charge in [-0.25, -0.2) is 9.78 Å². The van der Waals surface area contributed by atoms with Crippen LogP contribution in [0.15, 0.2) is 42.5 Å². The van der Waals surface area contributed by atoms with Crippen LogP contribution in [-0.2, 0) is 4.74 Å². The van der Waals surface area contributed by atoms with Crippen molar-refractivity contribution in [1.29, 1.82) is 0 Å². The zero-order chi connectivity index (χ0) is 22.5. The van der Waals surface area contributed by atoms with E-state index < -0.39 is 5.97 Å². The number of methoxy groups -OCH3 is 2. The first-order valence-electron chi connectivity index (χ1n) is 10.5. The summed E-state index contributed by atoms with van der Waals surface area (Å²) in [5.41, 5.74) is 1.94. The first kappa shape index (κ1) is 22.0. The van der Waals surface area contributed by atoms with Gasteiger partial charge in [-0.1, -0.05) is 11.3 Å². The average molecular weight is 455 g/mol. The maximum Gasteiger partial charge on any atom is 0.337 e. The third-order valence-corrected chi connectivity index (χ3v) is 6.59. The quantitative estimate of drug-likeness (QED) is 0.550. The number of thiazole rings is 1. The number of rotatable bonds is 7. The van der Waals surface area contributed by atoms with Gasteiger partial charge >= 0.3 is 5.97 Å². The van der Waals surface area contributed by atoms with Crippen LogP contribution in [0.25, 0.3) is 10.2 Å². The predicted octanol–water partition coefficient (Wildman–Crippen LogP) is 2.64. The van der Waals surface area contributed by atoms with Gasteiger partial charge in [-0.15, -0.1) is 0 Å².